The van der Waals surface area contributed by atoms with Crippen molar-refractivity contribution in [1.29, 1.82) is 0 Å². The SMILES string of the molecule is CNC(=O)C(=O)N/N=C\c1ccc(OCc2cccc3ccccc23)cc1. The molecule has 6 heteroatoms. The Morgan fingerprint density at radius 2 is 1.70 bits per heavy atom. The van der Waals surface area contributed by atoms with Gasteiger partial charge in [-0.25, -0.2) is 5.43 Å². The molecule has 3 aromatic carbocycles. The Hall–Kier alpha value is -3.67. The summed E-state index contributed by atoms with van der Waals surface area (Å²) in [5.41, 5.74) is 4.04. The molecule has 0 aliphatic carbocycles. The van der Waals surface area contributed by atoms with Gasteiger partial charge in [-0.15, -0.1) is 0 Å². The first-order chi connectivity index (χ1) is 13.2. The van der Waals surface area contributed by atoms with Crippen LogP contribution in [0.2, 0.25) is 0 Å². The van der Waals surface area contributed by atoms with E-state index in [0.29, 0.717) is 6.61 Å². The number of ether oxygens (including phenoxy) is 1. The van der Waals surface area contributed by atoms with Crippen LogP contribution in [0.5, 0.6) is 5.75 Å². The molecular weight excluding hydrogens is 342 g/mol. The maximum atomic E-state index is 11.3. The van der Waals surface area contributed by atoms with Gasteiger partial charge >= 0.3 is 11.8 Å². The van der Waals surface area contributed by atoms with Crippen LogP contribution in [0.15, 0.2) is 71.8 Å². The van der Waals surface area contributed by atoms with E-state index in [-0.39, 0.29) is 0 Å². The average molecular weight is 361 g/mol. The second kappa shape index (κ2) is 8.62. The van der Waals surface area contributed by atoms with Crippen LogP contribution in [0.1, 0.15) is 11.1 Å². The van der Waals surface area contributed by atoms with Gasteiger partial charge in [0.05, 0.1) is 6.21 Å². The molecular formula is C21H19N3O3. The van der Waals surface area contributed by atoms with E-state index in [2.05, 4.69) is 40.1 Å². The standard InChI is InChI=1S/C21H19N3O3/c1-22-20(25)21(26)24-23-13-15-9-11-18(12-10-15)27-14-17-7-4-6-16-5-2-3-8-19(16)17/h2-13H,14H2,1H3,(H,22,25)(H,24,26)/b23-13-. The molecule has 0 heterocycles. The van der Waals surface area contributed by atoms with Gasteiger partial charge in [-0.1, -0.05) is 42.5 Å². The second-order valence-corrected chi connectivity index (χ2v) is 5.77. The third kappa shape index (κ3) is 4.70. The highest BCUT2D eigenvalue weighted by atomic mass is 16.5. The fourth-order valence-corrected chi connectivity index (χ4v) is 2.56. The summed E-state index contributed by atoms with van der Waals surface area (Å²) in [7, 11) is 1.38. The molecule has 3 rings (SSSR count). The number of hydrazone groups is 1. The van der Waals surface area contributed by atoms with Gasteiger partial charge in [0.25, 0.3) is 0 Å². The van der Waals surface area contributed by atoms with Gasteiger partial charge < -0.3 is 10.1 Å². The van der Waals surface area contributed by atoms with Crippen LogP contribution in [0.4, 0.5) is 0 Å². The Morgan fingerprint density at radius 1 is 0.963 bits per heavy atom. The summed E-state index contributed by atoms with van der Waals surface area (Å²) in [5.74, 6) is -0.831. The predicted octanol–water partition coefficient (Wildman–Crippen LogP) is 2.61. The number of benzene rings is 3. The Balaban J connectivity index is 1.59. The van der Waals surface area contributed by atoms with Crippen molar-refractivity contribution in [3.63, 3.8) is 0 Å². The second-order valence-electron chi connectivity index (χ2n) is 5.77. The lowest BCUT2D eigenvalue weighted by Gasteiger charge is -2.09. The molecule has 0 unspecified atom stereocenters. The molecule has 0 aromatic heterocycles. The van der Waals surface area contributed by atoms with E-state index in [9.17, 15) is 9.59 Å². The lowest BCUT2D eigenvalue weighted by Crippen LogP contribution is -2.35. The summed E-state index contributed by atoms with van der Waals surface area (Å²) in [6.45, 7) is 0.469. The fourth-order valence-electron chi connectivity index (χ4n) is 2.56. The minimum Gasteiger partial charge on any atom is -0.489 e. The van der Waals surface area contributed by atoms with E-state index >= 15 is 0 Å². The minimum atomic E-state index is -0.816. The lowest BCUT2D eigenvalue weighted by molar-refractivity contribution is -0.138. The first-order valence-corrected chi connectivity index (χ1v) is 8.42. The molecule has 6 nitrogen and oxygen atoms in total. The molecule has 0 bridgehead atoms. The highest BCUT2D eigenvalue weighted by molar-refractivity contribution is 6.34. The van der Waals surface area contributed by atoms with Gasteiger partial charge in [0.2, 0.25) is 0 Å². The number of hydrogen-bond donors (Lipinski definition) is 2. The summed E-state index contributed by atoms with van der Waals surface area (Å²) >= 11 is 0. The van der Waals surface area contributed by atoms with Crippen LogP contribution in [-0.4, -0.2) is 25.1 Å². The van der Waals surface area contributed by atoms with E-state index in [1.54, 1.807) is 0 Å². The van der Waals surface area contributed by atoms with Gasteiger partial charge in [-0.2, -0.15) is 5.10 Å². The number of likely N-dealkylation sites (N-methyl/N-ethyl adjacent to an activating group) is 1. The zero-order chi connectivity index (χ0) is 19.1. The van der Waals surface area contributed by atoms with E-state index in [4.69, 9.17) is 4.74 Å². The van der Waals surface area contributed by atoms with Crippen LogP contribution in [-0.2, 0) is 16.2 Å². The molecule has 27 heavy (non-hydrogen) atoms. The zero-order valence-corrected chi connectivity index (χ0v) is 14.8. The summed E-state index contributed by atoms with van der Waals surface area (Å²) in [6.07, 6.45) is 1.45. The van der Waals surface area contributed by atoms with E-state index < -0.39 is 11.8 Å². The van der Waals surface area contributed by atoms with Crippen LogP contribution in [0.3, 0.4) is 0 Å². The van der Waals surface area contributed by atoms with Gasteiger partial charge in [0.1, 0.15) is 12.4 Å². The Labute approximate surface area is 156 Å². The molecule has 0 radical (unpaired) electrons. The normalized spacial score (nSPS) is 10.7. The maximum Gasteiger partial charge on any atom is 0.329 e. The third-order valence-electron chi connectivity index (χ3n) is 3.97. The highest BCUT2D eigenvalue weighted by Crippen LogP contribution is 2.20. The van der Waals surface area contributed by atoms with Crippen LogP contribution >= 0.6 is 0 Å². The highest BCUT2D eigenvalue weighted by Gasteiger charge is 2.08. The van der Waals surface area contributed by atoms with Crippen LogP contribution in [0, 0.1) is 0 Å². The van der Waals surface area contributed by atoms with Crippen molar-refractivity contribution in [1.82, 2.24) is 10.7 Å². The number of rotatable bonds is 5. The van der Waals surface area contributed by atoms with Crippen molar-refractivity contribution in [3.8, 4) is 5.75 Å². The molecule has 3 aromatic rings. The summed E-state index contributed by atoms with van der Waals surface area (Å²) in [5, 5.41) is 8.32. The Bertz CT molecular complexity index is 976. The molecule has 2 amide bonds. The molecule has 0 atom stereocenters. The zero-order valence-electron chi connectivity index (χ0n) is 14.8. The summed E-state index contributed by atoms with van der Waals surface area (Å²) in [4.78, 5) is 22.3. The lowest BCUT2D eigenvalue weighted by atomic mass is 10.1. The quantitative estimate of drug-likeness (QED) is 0.416. The van der Waals surface area contributed by atoms with Gasteiger partial charge in [-0.3, -0.25) is 9.59 Å². The molecule has 0 saturated heterocycles. The first kappa shape index (κ1) is 18.1. The molecule has 2 N–H and O–H groups in total. The maximum absolute atomic E-state index is 11.3. The van der Waals surface area contributed by atoms with Crippen molar-refractivity contribution in [2.75, 3.05) is 7.05 Å². The van der Waals surface area contributed by atoms with Gasteiger partial charge in [0, 0.05) is 7.05 Å². The van der Waals surface area contributed by atoms with Crippen molar-refractivity contribution < 1.29 is 14.3 Å². The third-order valence-corrected chi connectivity index (χ3v) is 3.97. The molecule has 0 aliphatic heterocycles. The Morgan fingerprint density at radius 3 is 2.48 bits per heavy atom. The smallest absolute Gasteiger partial charge is 0.329 e. The summed E-state index contributed by atoms with van der Waals surface area (Å²) in [6, 6.07) is 21.6. The van der Waals surface area contributed by atoms with E-state index in [1.165, 1.54) is 24.0 Å². The molecule has 136 valence electrons. The van der Waals surface area contributed by atoms with Crippen LogP contribution < -0.4 is 15.5 Å². The fraction of sp³-hybridized carbons (Fsp3) is 0.0952. The number of amides is 2. The number of fused-ring (bicyclic) bond motifs is 1. The van der Waals surface area contributed by atoms with Crippen LogP contribution in [0.25, 0.3) is 10.8 Å². The number of nitrogens with zero attached hydrogens (tertiary/aromatic N) is 1. The predicted molar refractivity (Wildman–Crippen MR) is 105 cm³/mol. The topological polar surface area (TPSA) is 79.8 Å². The Kier molecular flexibility index (Phi) is 5.79. The molecule has 0 aliphatic rings. The average Bonchev–Trinajstić information content (AvgIpc) is 2.72. The van der Waals surface area contributed by atoms with Gasteiger partial charge in [-0.05, 0) is 46.2 Å². The van der Waals surface area contributed by atoms with E-state index in [0.717, 1.165) is 16.9 Å². The first-order valence-electron chi connectivity index (χ1n) is 8.42. The number of nitrogens with one attached hydrogen (secondary N) is 2. The minimum absolute atomic E-state index is 0.469. The number of hydrogen-bond acceptors (Lipinski definition) is 4. The van der Waals surface area contributed by atoms with Crippen molar-refractivity contribution >= 4 is 28.8 Å². The largest absolute Gasteiger partial charge is 0.489 e. The van der Waals surface area contributed by atoms with Crippen molar-refractivity contribution in [3.05, 3.63) is 77.9 Å². The number of carbonyl (C=O) groups excluding carboxylic acids is 2. The molecule has 0 spiro atoms. The monoisotopic (exact) mass is 361 g/mol. The van der Waals surface area contributed by atoms with Crippen molar-refractivity contribution in [2.45, 2.75) is 6.61 Å². The summed E-state index contributed by atoms with van der Waals surface area (Å²) < 4.78 is 5.88. The molecule has 0 saturated carbocycles. The van der Waals surface area contributed by atoms with Gasteiger partial charge in [0.15, 0.2) is 0 Å². The number of carbonyl (C=O) groups is 2. The van der Waals surface area contributed by atoms with E-state index in [1.807, 2.05) is 42.5 Å². The molecule has 0 fully saturated rings. The van der Waals surface area contributed by atoms with Crippen molar-refractivity contribution in [2.24, 2.45) is 5.10 Å².